The topological polar surface area (TPSA) is 91.2 Å². The Labute approximate surface area is 521 Å². The van der Waals surface area contributed by atoms with Crippen LogP contribution in [0.15, 0.2) is 309 Å². The van der Waals surface area contributed by atoms with Crippen molar-refractivity contribution in [2.24, 2.45) is 0 Å². The maximum absolute atomic E-state index is 10.2. The molecule has 16 rings (SSSR count). The largest absolute Gasteiger partial charge is 0.308 e. The van der Waals surface area contributed by atoms with Gasteiger partial charge < -0.3 is 4.57 Å². The Bertz CT molecular complexity index is 5190. The smallest absolute Gasteiger partial charge is 0.166 e. The van der Waals surface area contributed by atoms with Gasteiger partial charge in [-0.3, -0.25) is 0 Å². The molecule has 1 aliphatic carbocycles. The third kappa shape index (κ3) is 9.59. The number of rotatable bonds is 11. The van der Waals surface area contributed by atoms with Crippen molar-refractivity contribution in [3.63, 3.8) is 0 Å². The molecule has 0 unspecified atom stereocenters. The van der Waals surface area contributed by atoms with Crippen molar-refractivity contribution in [2.75, 3.05) is 0 Å². The number of benzene rings is 13. The fourth-order valence-corrected chi connectivity index (χ4v) is 13.2. The number of fused-ring (bicyclic) bond motifs is 6. The average Bonchev–Trinajstić information content (AvgIpc) is 1.64. The summed E-state index contributed by atoms with van der Waals surface area (Å²) < 4.78 is 2.36. The van der Waals surface area contributed by atoms with Gasteiger partial charge in [0.2, 0.25) is 0 Å². The van der Waals surface area contributed by atoms with Crippen molar-refractivity contribution in [2.45, 2.75) is 5.92 Å². The highest BCUT2D eigenvalue weighted by Gasteiger charge is 2.34. The standard InChI is InChI=1S/C84H52N6/c85-52-54-18-16-30-61(44-54)67-34-40-71(77(50-67)81-69-38-32-63(56-20-6-1-7-21-56)46-73(69)74-47-64(33-39-70(74)81)57-22-8-2-9-23-57)83-87-82(60-28-14-5-15-29-60)88-84(89-83)72-41-35-68(62-31-17-19-55(45-62)53-86)51-80(72)90-78-42-36-65(58-24-10-3-11-25-58)48-75(78)76-49-66(37-43-79(76)90)59-26-12-4-13-27-59/h1-51,81H. The second-order valence-electron chi connectivity index (χ2n) is 22.9. The van der Waals surface area contributed by atoms with Crippen LogP contribution in [0.2, 0.25) is 0 Å². The van der Waals surface area contributed by atoms with E-state index in [9.17, 15) is 10.5 Å². The molecule has 90 heavy (non-hydrogen) atoms. The lowest BCUT2D eigenvalue weighted by Crippen LogP contribution is -2.07. The molecule has 0 N–H and O–H groups in total. The Morgan fingerprint density at radius 1 is 0.256 bits per heavy atom. The molecule has 13 aromatic carbocycles. The first kappa shape index (κ1) is 53.1. The Kier molecular flexibility index (Phi) is 13.3. The van der Waals surface area contributed by atoms with Crippen LogP contribution in [0.5, 0.6) is 0 Å². The van der Waals surface area contributed by atoms with Crippen LogP contribution in [0.3, 0.4) is 0 Å². The first-order valence-electron chi connectivity index (χ1n) is 30.2. The van der Waals surface area contributed by atoms with Gasteiger partial charge in [0.15, 0.2) is 17.5 Å². The van der Waals surface area contributed by atoms with Crippen LogP contribution < -0.4 is 0 Å². The molecule has 0 spiro atoms. The van der Waals surface area contributed by atoms with Crippen LogP contribution in [-0.4, -0.2) is 19.5 Å². The summed E-state index contributed by atoms with van der Waals surface area (Å²) in [6.45, 7) is 0. The second kappa shape index (κ2) is 22.5. The van der Waals surface area contributed by atoms with E-state index in [-0.39, 0.29) is 5.92 Å². The Morgan fingerprint density at radius 3 is 1.08 bits per heavy atom. The average molecular weight is 1150 g/mol. The zero-order valence-corrected chi connectivity index (χ0v) is 48.7. The highest BCUT2D eigenvalue weighted by molar-refractivity contribution is 6.12. The van der Waals surface area contributed by atoms with Gasteiger partial charge in [0.05, 0.1) is 40.0 Å². The lowest BCUT2D eigenvalue weighted by atomic mass is 9.83. The van der Waals surface area contributed by atoms with E-state index in [1.54, 1.807) is 0 Å². The number of nitriles is 2. The van der Waals surface area contributed by atoms with E-state index in [0.717, 1.165) is 117 Å². The summed E-state index contributed by atoms with van der Waals surface area (Å²) in [4.78, 5) is 16.8. The number of nitrogens with zero attached hydrogens (tertiary/aromatic N) is 6. The second-order valence-corrected chi connectivity index (χ2v) is 22.9. The molecule has 2 heterocycles. The molecule has 0 amide bonds. The first-order chi connectivity index (χ1) is 44.5. The van der Waals surface area contributed by atoms with Crippen LogP contribution in [0.25, 0.3) is 140 Å². The Morgan fingerprint density at radius 2 is 0.611 bits per heavy atom. The number of hydrogen-bond acceptors (Lipinski definition) is 5. The monoisotopic (exact) mass is 1140 g/mol. The van der Waals surface area contributed by atoms with Crippen LogP contribution in [0.1, 0.15) is 33.7 Å². The normalized spacial score (nSPS) is 11.7. The predicted octanol–water partition coefficient (Wildman–Crippen LogP) is 20.9. The van der Waals surface area contributed by atoms with Crippen LogP contribution in [-0.2, 0) is 0 Å². The molecular formula is C84H52N6. The molecule has 6 nitrogen and oxygen atoms in total. The summed E-state index contributed by atoms with van der Waals surface area (Å²) in [5.41, 5.74) is 25.0. The van der Waals surface area contributed by atoms with E-state index in [1.807, 2.05) is 54.6 Å². The van der Waals surface area contributed by atoms with Gasteiger partial charge in [0, 0.05) is 33.4 Å². The van der Waals surface area contributed by atoms with Gasteiger partial charge >= 0.3 is 0 Å². The number of aromatic nitrogens is 4. The third-order valence-corrected chi connectivity index (χ3v) is 17.6. The molecule has 0 saturated heterocycles. The fourth-order valence-electron chi connectivity index (χ4n) is 13.2. The van der Waals surface area contributed by atoms with E-state index in [0.29, 0.717) is 28.6 Å². The van der Waals surface area contributed by atoms with Crippen molar-refractivity contribution in [3.05, 3.63) is 337 Å². The van der Waals surface area contributed by atoms with Crippen LogP contribution in [0, 0.1) is 22.7 Å². The van der Waals surface area contributed by atoms with Crippen molar-refractivity contribution in [1.82, 2.24) is 19.5 Å². The minimum absolute atomic E-state index is 0.252. The van der Waals surface area contributed by atoms with Crippen LogP contribution in [0.4, 0.5) is 0 Å². The molecule has 0 aliphatic heterocycles. The summed E-state index contributed by atoms with van der Waals surface area (Å²) in [6, 6.07) is 113. The van der Waals surface area contributed by atoms with Gasteiger partial charge in [-0.1, -0.05) is 231 Å². The number of hydrogen-bond donors (Lipinski definition) is 0. The van der Waals surface area contributed by atoms with Gasteiger partial charge in [-0.15, -0.1) is 0 Å². The van der Waals surface area contributed by atoms with Gasteiger partial charge in [-0.25, -0.2) is 15.0 Å². The molecule has 0 radical (unpaired) electrons. The van der Waals surface area contributed by atoms with Crippen molar-refractivity contribution >= 4 is 21.8 Å². The molecule has 2 aromatic heterocycles. The van der Waals surface area contributed by atoms with Gasteiger partial charge in [0.1, 0.15) is 0 Å². The Hall–Kier alpha value is -12.4. The Balaban J connectivity index is 0.962. The SMILES string of the molecule is N#Cc1cccc(-c2ccc(-c3nc(-c4ccccc4)nc(-c4ccc(-c5cccc(C#N)c5)cc4-n4c5ccc(-c6ccccc6)cc5c5cc(-c6ccccc6)ccc54)n3)c(C3c4ccc(-c5ccccc5)cc4-c4cc(-c5ccccc5)ccc43)c2)c1. The molecule has 0 saturated carbocycles. The predicted molar refractivity (Wildman–Crippen MR) is 365 cm³/mol. The highest BCUT2D eigenvalue weighted by atomic mass is 15.1. The molecule has 1 aliphatic rings. The summed E-state index contributed by atoms with van der Waals surface area (Å²) in [5, 5.41) is 22.6. The summed E-state index contributed by atoms with van der Waals surface area (Å²) in [6.07, 6.45) is 0. The maximum atomic E-state index is 10.2. The fraction of sp³-hybridized carbons (Fsp3) is 0.0119. The third-order valence-electron chi connectivity index (χ3n) is 17.6. The van der Waals surface area contributed by atoms with Gasteiger partial charge in [-0.05, 0) is 173 Å². The van der Waals surface area contributed by atoms with Crippen molar-refractivity contribution in [3.8, 4) is 130 Å². The van der Waals surface area contributed by atoms with Gasteiger partial charge in [-0.2, -0.15) is 10.5 Å². The van der Waals surface area contributed by atoms with Crippen molar-refractivity contribution in [1.29, 1.82) is 10.5 Å². The van der Waals surface area contributed by atoms with E-state index >= 15 is 0 Å². The van der Waals surface area contributed by atoms with Gasteiger partial charge in [0.25, 0.3) is 0 Å². The molecule has 0 atom stereocenters. The van der Waals surface area contributed by atoms with Crippen molar-refractivity contribution < 1.29 is 0 Å². The summed E-state index contributed by atoms with van der Waals surface area (Å²) in [7, 11) is 0. The maximum Gasteiger partial charge on any atom is 0.166 e. The summed E-state index contributed by atoms with van der Waals surface area (Å²) in [5.74, 6) is 1.28. The molecule has 0 fully saturated rings. The first-order valence-corrected chi connectivity index (χ1v) is 30.2. The molecule has 0 bridgehead atoms. The summed E-state index contributed by atoms with van der Waals surface area (Å²) >= 11 is 0. The minimum atomic E-state index is -0.252. The van der Waals surface area contributed by atoms with E-state index in [1.165, 1.54) is 22.3 Å². The lowest BCUT2D eigenvalue weighted by molar-refractivity contribution is 1.00. The lowest BCUT2D eigenvalue weighted by Gasteiger charge is -2.21. The molecule has 15 aromatic rings. The zero-order chi connectivity index (χ0) is 60.1. The molecular weight excluding hydrogens is 1090 g/mol. The van der Waals surface area contributed by atoms with E-state index in [4.69, 9.17) is 15.0 Å². The highest BCUT2D eigenvalue weighted by Crippen LogP contribution is 2.53. The molecule has 418 valence electrons. The van der Waals surface area contributed by atoms with Crippen LogP contribution >= 0.6 is 0 Å². The zero-order valence-electron chi connectivity index (χ0n) is 48.7. The van der Waals surface area contributed by atoms with E-state index in [2.05, 4.69) is 271 Å². The minimum Gasteiger partial charge on any atom is -0.308 e. The molecule has 6 heteroatoms. The quantitative estimate of drug-likeness (QED) is 0.129. The van der Waals surface area contributed by atoms with E-state index < -0.39 is 0 Å².